The van der Waals surface area contributed by atoms with Gasteiger partial charge in [-0.15, -0.1) is 11.8 Å². The molecule has 0 radical (unpaired) electrons. The van der Waals surface area contributed by atoms with Gasteiger partial charge in [-0.1, -0.05) is 29.1 Å². The van der Waals surface area contributed by atoms with E-state index in [1.54, 1.807) is 18.9 Å². The van der Waals surface area contributed by atoms with Gasteiger partial charge in [-0.3, -0.25) is 4.79 Å². The summed E-state index contributed by atoms with van der Waals surface area (Å²) in [6.45, 7) is 14.2. The topological polar surface area (TPSA) is 48.4 Å². The zero-order chi connectivity index (χ0) is 30.7. The van der Waals surface area contributed by atoms with Gasteiger partial charge in [0.25, 0.3) is 0 Å². The Morgan fingerprint density at radius 1 is 1.21 bits per heavy atom. The van der Waals surface area contributed by atoms with Gasteiger partial charge in [-0.2, -0.15) is 13.2 Å². The third-order valence-corrected chi connectivity index (χ3v) is 9.96. The minimum absolute atomic E-state index is 0.135. The fourth-order valence-corrected chi connectivity index (χ4v) is 7.79. The molecule has 3 heterocycles. The first-order valence-electron chi connectivity index (χ1n) is 13.4. The van der Waals surface area contributed by atoms with E-state index in [0.29, 0.717) is 57.7 Å². The molecule has 2 aromatic carbocycles. The predicted octanol–water partition coefficient (Wildman–Crippen LogP) is 6.85. The Morgan fingerprint density at radius 3 is 2.48 bits per heavy atom. The van der Waals surface area contributed by atoms with Gasteiger partial charge in [-0.05, 0) is 50.6 Å². The van der Waals surface area contributed by atoms with Crippen molar-refractivity contribution in [1.29, 1.82) is 0 Å². The molecule has 0 aliphatic carbocycles. The van der Waals surface area contributed by atoms with Gasteiger partial charge in [0.2, 0.25) is 5.91 Å². The second-order valence-electron chi connectivity index (χ2n) is 10.8. The number of aryl methyl sites for hydroxylation is 1. The monoisotopic (exact) mass is 666 g/mol. The molecule has 3 aliphatic rings. The van der Waals surface area contributed by atoms with Crippen LogP contribution in [0.15, 0.2) is 57.6 Å². The van der Waals surface area contributed by atoms with Crippen LogP contribution in [-0.2, 0) is 15.7 Å². The van der Waals surface area contributed by atoms with Crippen molar-refractivity contribution in [2.45, 2.75) is 50.0 Å². The molecule has 12 heteroatoms. The Balaban J connectivity index is 1.76. The zero-order valence-electron chi connectivity index (χ0n) is 23.7. The lowest BCUT2D eigenvalue weighted by molar-refractivity contribution is -0.137. The number of carbonyl (C=O) groups excluding carboxylic acids is 1. The Hall–Kier alpha value is -2.83. The highest BCUT2D eigenvalue weighted by molar-refractivity contribution is 9.10. The van der Waals surface area contributed by atoms with Crippen LogP contribution in [0, 0.1) is 12.7 Å². The number of carbonyl (C=O) groups is 1. The van der Waals surface area contributed by atoms with Gasteiger partial charge in [0.05, 0.1) is 23.9 Å². The van der Waals surface area contributed by atoms with Crippen molar-refractivity contribution < 1.29 is 27.1 Å². The number of amidine groups is 1. The van der Waals surface area contributed by atoms with Gasteiger partial charge in [0, 0.05) is 64.1 Å². The molecule has 1 amide bonds. The third kappa shape index (κ3) is 5.15. The fraction of sp³-hybridized carbons (Fsp3) is 0.400. The van der Waals surface area contributed by atoms with Crippen LogP contribution in [0.3, 0.4) is 0 Å². The first-order valence-corrected chi connectivity index (χ1v) is 15.2. The number of hydrogen-bond acceptors (Lipinski definition) is 6. The van der Waals surface area contributed by atoms with Crippen molar-refractivity contribution in [3.05, 3.63) is 70.2 Å². The second kappa shape index (κ2) is 11.3. The van der Waals surface area contributed by atoms with Crippen molar-refractivity contribution in [3.63, 3.8) is 0 Å². The number of anilines is 1. The highest BCUT2D eigenvalue weighted by Gasteiger charge is 2.45. The van der Waals surface area contributed by atoms with Crippen LogP contribution in [0.2, 0.25) is 0 Å². The number of benzene rings is 2. The first-order chi connectivity index (χ1) is 19.8. The van der Waals surface area contributed by atoms with Gasteiger partial charge < -0.3 is 19.4 Å². The second-order valence-corrected chi connectivity index (χ2v) is 12.7. The highest BCUT2D eigenvalue weighted by Crippen LogP contribution is 2.54. The van der Waals surface area contributed by atoms with Crippen molar-refractivity contribution in [2.24, 2.45) is 4.99 Å². The van der Waals surface area contributed by atoms with E-state index >= 15 is 4.39 Å². The van der Waals surface area contributed by atoms with E-state index in [0.717, 1.165) is 6.07 Å². The van der Waals surface area contributed by atoms with E-state index < -0.39 is 17.6 Å². The van der Waals surface area contributed by atoms with Crippen molar-refractivity contribution >= 4 is 45.1 Å². The Morgan fingerprint density at radius 2 is 1.88 bits per heavy atom. The fourth-order valence-electron chi connectivity index (χ4n) is 6.13. The Bertz CT molecular complexity index is 1500. The summed E-state index contributed by atoms with van der Waals surface area (Å²) in [7, 11) is 1.56. The average Bonchev–Trinajstić information content (AvgIpc) is 2.91. The number of alkyl halides is 3. The maximum absolute atomic E-state index is 15.5. The van der Waals surface area contributed by atoms with Crippen molar-refractivity contribution in [1.82, 2.24) is 9.80 Å². The largest absolute Gasteiger partial charge is 0.417 e. The lowest BCUT2D eigenvalue weighted by Gasteiger charge is -2.48. The van der Waals surface area contributed by atoms with Crippen LogP contribution < -0.4 is 4.90 Å². The molecule has 0 unspecified atom stereocenters. The number of nitrogens with zero attached hydrogens (tertiary/aromatic N) is 4. The molecule has 0 spiro atoms. The van der Waals surface area contributed by atoms with Gasteiger partial charge in [-0.25, -0.2) is 9.38 Å². The summed E-state index contributed by atoms with van der Waals surface area (Å²) in [6.07, 6.45) is -3.52. The minimum atomic E-state index is -4.78. The molecule has 0 N–H and O–H groups in total. The summed E-state index contributed by atoms with van der Waals surface area (Å²) in [5.74, 6) is 0.156. The van der Waals surface area contributed by atoms with E-state index in [-0.39, 0.29) is 40.7 Å². The summed E-state index contributed by atoms with van der Waals surface area (Å²) in [5.41, 5.74) is 0.0890. The summed E-state index contributed by atoms with van der Waals surface area (Å²) < 4.78 is 66.1. The van der Waals surface area contributed by atoms with E-state index in [1.807, 2.05) is 23.6 Å². The number of ether oxygens (including phenoxy) is 1. The van der Waals surface area contributed by atoms with Crippen LogP contribution in [0.4, 0.5) is 23.2 Å². The molecule has 224 valence electrons. The maximum atomic E-state index is 15.5. The Labute approximate surface area is 255 Å². The molecule has 42 heavy (non-hydrogen) atoms. The molecule has 6 nitrogen and oxygen atoms in total. The van der Waals surface area contributed by atoms with Crippen LogP contribution >= 0.6 is 27.7 Å². The van der Waals surface area contributed by atoms with Crippen molar-refractivity contribution in [2.75, 3.05) is 37.5 Å². The predicted molar refractivity (Wildman–Crippen MR) is 161 cm³/mol. The maximum Gasteiger partial charge on any atom is 0.417 e. The molecule has 1 fully saturated rings. The quantitative estimate of drug-likeness (QED) is 0.264. The summed E-state index contributed by atoms with van der Waals surface area (Å²) in [6, 6.07) is 2.99. The van der Waals surface area contributed by atoms with E-state index in [4.69, 9.17) is 9.73 Å². The molecular formula is C30H31BrF4N4O2S. The number of thioether (sulfide) groups is 1. The van der Waals surface area contributed by atoms with Crippen LogP contribution in [-0.4, -0.2) is 72.2 Å². The SMILES string of the molecule is C=CC(=O)N1[C@H](C)CN(C2=NC(=C)N3c4c2cc(C(F)(F)F)c(-c2cc(Br)c(C)cc2F)c4SC[C@@H]3COC)C[C@@H]1C. The first kappa shape index (κ1) is 30.6. The molecular weight excluding hydrogens is 636 g/mol. The van der Waals surface area contributed by atoms with Gasteiger partial charge >= 0.3 is 6.18 Å². The average molecular weight is 668 g/mol. The normalized spacial score (nSPS) is 22.2. The molecule has 0 bridgehead atoms. The molecule has 5 rings (SSSR count). The lowest BCUT2D eigenvalue weighted by Crippen LogP contribution is -2.60. The lowest BCUT2D eigenvalue weighted by atomic mass is 9.91. The number of methoxy groups -OCH3 is 1. The molecule has 0 aromatic heterocycles. The smallest absolute Gasteiger partial charge is 0.383 e. The van der Waals surface area contributed by atoms with Crippen LogP contribution in [0.5, 0.6) is 0 Å². The third-order valence-electron chi connectivity index (χ3n) is 7.87. The molecule has 0 saturated carbocycles. The number of halogens is 5. The van der Waals surface area contributed by atoms with Crippen LogP contribution in [0.25, 0.3) is 11.1 Å². The number of aliphatic imine (C=N–C) groups is 1. The summed E-state index contributed by atoms with van der Waals surface area (Å²) in [5, 5.41) is 0. The Kier molecular flexibility index (Phi) is 8.27. The summed E-state index contributed by atoms with van der Waals surface area (Å²) >= 11 is 4.63. The van der Waals surface area contributed by atoms with Gasteiger partial charge in [0.15, 0.2) is 0 Å². The summed E-state index contributed by atoms with van der Waals surface area (Å²) in [4.78, 5) is 23.1. The van der Waals surface area contributed by atoms with E-state index in [9.17, 15) is 18.0 Å². The molecule has 1 saturated heterocycles. The number of rotatable bonds is 4. The van der Waals surface area contributed by atoms with Crippen LogP contribution in [0.1, 0.15) is 30.5 Å². The molecule has 3 atom stereocenters. The van der Waals surface area contributed by atoms with Crippen molar-refractivity contribution in [3.8, 4) is 11.1 Å². The molecule has 2 aromatic rings. The van der Waals surface area contributed by atoms with E-state index in [2.05, 4.69) is 29.1 Å². The number of piperazine rings is 1. The van der Waals surface area contributed by atoms with Gasteiger partial charge in [0.1, 0.15) is 17.5 Å². The standard InChI is InChI=1S/C30H31BrF4N4O2S/c1-7-25(40)38-16(3)11-37(12-17(38)4)29-21-9-22(30(33,34)35)26(20-10-23(31)15(2)8-24(20)32)28-27(21)39(18(5)36-29)19(13-41-6)14-42-28/h7-10,16-17,19H,1,5,11-14H2,2-4,6H3/t16-,17+,19-/m0/s1. The molecule has 3 aliphatic heterocycles. The number of hydrogen-bond donors (Lipinski definition) is 0. The highest BCUT2D eigenvalue weighted by atomic mass is 79.9. The zero-order valence-corrected chi connectivity index (χ0v) is 26.1. The number of amides is 1. The van der Waals surface area contributed by atoms with E-state index in [1.165, 1.54) is 30.0 Å². The minimum Gasteiger partial charge on any atom is -0.383 e.